The number of amides is 3. The molecule has 3 rings (SSSR count). The maximum Gasteiger partial charge on any atom is 0.326 e. The van der Waals surface area contributed by atoms with E-state index in [-0.39, 0.29) is 18.6 Å². The van der Waals surface area contributed by atoms with Gasteiger partial charge in [-0.3, -0.25) is 14.4 Å². The standard InChI is InChI=1S/C23H29N7O5S/c1-12(28-22(33)18(7-14-9-25-11-27-14)29-21(32)16(24)10-36)20(31)30-19(23(34)35)6-13-8-26-17-5-3-2-4-15(13)17/h2-5,8-9,11-12,16,18-19,26,36H,6-7,10,24H2,1H3,(H,25,27)(H,28,33)(H,29,32)(H,30,31)(H,34,35). The Morgan fingerprint density at radius 2 is 1.75 bits per heavy atom. The first-order valence-electron chi connectivity index (χ1n) is 11.2. The number of aromatic nitrogens is 3. The van der Waals surface area contributed by atoms with Crippen LogP contribution in [0.2, 0.25) is 0 Å². The quantitative estimate of drug-likeness (QED) is 0.149. The molecule has 0 saturated carbocycles. The maximum absolute atomic E-state index is 12.9. The number of carbonyl (C=O) groups is 4. The van der Waals surface area contributed by atoms with E-state index in [4.69, 9.17) is 5.73 Å². The van der Waals surface area contributed by atoms with E-state index < -0.39 is 47.9 Å². The van der Waals surface area contributed by atoms with Gasteiger partial charge in [-0.05, 0) is 18.6 Å². The van der Waals surface area contributed by atoms with Gasteiger partial charge in [0.25, 0.3) is 0 Å². The number of aliphatic carboxylic acids is 1. The van der Waals surface area contributed by atoms with Crippen molar-refractivity contribution in [3.63, 3.8) is 0 Å². The van der Waals surface area contributed by atoms with Crippen LogP contribution < -0.4 is 21.7 Å². The van der Waals surface area contributed by atoms with Gasteiger partial charge in [-0.15, -0.1) is 0 Å². The molecule has 2 heterocycles. The minimum atomic E-state index is -1.22. The van der Waals surface area contributed by atoms with Gasteiger partial charge in [0.05, 0.1) is 12.4 Å². The largest absolute Gasteiger partial charge is 0.480 e. The third-order valence-electron chi connectivity index (χ3n) is 5.61. The molecular formula is C23H29N7O5S. The Labute approximate surface area is 212 Å². The number of carboxylic acid groups (broad SMARTS) is 1. The first-order valence-corrected chi connectivity index (χ1v) is 11.9. The second kappa shape index (κ2) is 12.2. The fraction of sp³-hybridized carbons (Fsp3) is 0.348. The van der Waals surface area contributed by atoms with Crippen molar-refractivity contribution in [1.82, 2.24) is 30.9 Å². The average molecular weight is 516 g/mol. The third kappa shape index (κ3) is 6.86. The Hall–Kier alpha value is -3.84. The van der Waals surface area contributed by atoms with Gasteiger partial charge in [-0.1, -0.05) is 18.2 Å². The number of imidazole rings is 1. The Kier molecular flexibility index (Phi) is 9.08. The number of nitrogens with one attached hydrogen (secondary N) is 5. The first kappa shape index (κ1) is 26.8. The van der Waals surface area contributed by atoms with E-state index in [1.807, 2.05) is 24.3 Å². The summed E-state index contributed by atoms with van der Waals surface area (Å²) in [4.78, 5) is 59.6. The van der Waals surface area contributed by atoms with Gasteiger partial charge in [-0.2, -0.15) is 12.6 Å². The van der Waals surface area contributed by atoms with Crippen LogP contribution in [-0.2, 0) is 32.0 Å². The molecular weight excluding hydrogens is 486 g/mol. The fourth-order valence-electron chi connectivity index (χ4n) is 3.58. The number of rotatable bonds is 12. The number of nitrogens with zero attached hydrogens (tertiary/aromatic N) is 1. The monoisotopic (exact) mass is 515 g/mol. The van der Waals surface area contributed by atoms with Crippen molar-refractivity contribution in [1.29, 1.82) is 0 Å². The van der Waals surface area contributed by atoms with Crippen LogP contribution in [0.1, 0.15) is 18.2 Å². The zero-order valence-corrected chi connectivity index (χ0v) is 20.4. The summed E-state index contributed by atoms with van der Waals surface area (Å²) in [5.74, 6) is -3.04. The van der Waals surface area contributed by atoms with Crippen molar-refractivity contribution in [3.05, 3.63) is 54.2 Å². The normalized spacial score (nSPS) is 14.4. The molecule has 0 spiro atoms. The number of carboxylic acids is 1. The predicted octanol–water partition coefficient (Wildman–Crippen LogP) is -0.508. The SMILES string of the molecule is CC(NC(=O)C(Cc1cnc[nH]1)NC(=O)C(N)CS)C(=O)NC(Cc1c[nH]c2ccccc12)C(=O)O. The van der Waals surface area contributed by atoms with Crippen molar-refractivity contribution in [2.75, 3.05) is 5.75 Å². The van der Waals surface area contributed by atoms with Gasteiger partial charge in [0.1, 0.15) is 18.1 Å². The topological polar surface area (TPSA) is 195 Å². The van der Waals surface area contributed by atoms with Crippen molar-refractivity contribution in [2.24, 2.45) is 5.73 Å². The van der Waals surface area contributed by atoms with Gasteiger partial charge in [0.2, 0.25) is 17.7 Å². The minimum Gasteiger partial charge on any atom is -0.480 e. The molecule has 0 bridgehead atoms. The van der Waals surface area contributed by atoms with Gasteiger partial charge in [0, 0.05) is 47.6 Å². The van der Waals surface area contributed by atoms with E-state index in [0.29, 0.717) is 5.69 Å². The zero-order chi connectivity index (χ0) is 26.2. The number of hydrogen-bond acceptors (Lipinski definition) is 7. The number of H-pyrrole nitrogens is 2. The molecule has 8 N–H and O–H groups in total. The lowest BCUT2D eigenvalue weighted by Gasteiger charge is -2.23. The molecule has 4 unspecified atom stereocenters. The summed E-state index contributed by atoms with van der Waals surface area (Å²) in [7, 11) is 0. The molecule has 36 heavy (non-hydrogen) atoms. The summed E-state index contributed by atoms with van der Waals surface area (Å²) in [6.45, 7) is 1.42. The lowest BCUT2D eigenvalue weighted by molar-refractivity contribution is -0.142. The molecule has 3 amide bonds. The van der Waals surface area contributed by atoms with E-state index in [0.717, 1.165) is 16.5 Å². The molecule has 0 aliphatic heterocycles. The smallest absolute Gasteiger partial charge is 0.326 e. The highest BCUT2D eigenvalue weighted by Gasteiger charge is 2.29. The summed E-state index contributed by atoms with van der Waals surface area (Å²) in [6, 6.07) is 3.15. The molecule has 0 saturated heterocycles. The highest BCUT2D eigenvalue weighted by molar-refractivity contribution is 7.80. The molecule has 12 nitrogen and oxygen atoms in total. The number of carbonyl (C=O) groups excluding carboxylic acids is 3. The van der Waals surface area contributed by atoms with Gasteiger partial charge >= 0.3 is 5.97 Å². The van der Waals surface area contributed by atoms with Crippen LogP contribution in [-0.4, -0.2) is 73.7 Å². The molecule has 0 radical (unpaired) electrons. The highest BCUT2D eigenvalue weighted by atomic mass is 32.1. The molecule has 192 valence electrons. The van der Waals surface area contributed by atoms with E-state index in [9.17, 15) is 24.3 Å². The summed E-state index contributed by atoms with van der Waals surface area (Å²) < 4.78 is 0. The Morgan fingerprint density at radius 3 is 2.42 bits per heavy atom. The highest BCUT2D eigenvalue weighted by Crippen LogP contribution is 2.19. The van der Waals surface area contributed by atoms with E-state index in [1.165, 1.54) is 19.4 Å². The average Bonchev–Trinajstić information content (AvgIpc) is 3.52. The number of para-hydroxylation sites is 1. The molecule has 1 aromatic carbocycles. The van der Waals surface area contributed by atoms with E-state index in [2.05, 4.69) is 43.5 Å². The molecule has 2 aromatic heterocycles. The lowest BCUT2D eigenvalue weighted by Crippen LogP contribution is -2.57. The van der Waals surface area contributed by atoms with Crippen LogP contribution in [0.25, 0.3) is 10.9 Å². The summed E-state index contributed by atoms with van der Waals surface area (Å²) >= 11 is 3.99. The summed E-state index contributed by atoms with van der Waals surface area (Å²) in [5, 5.41) is 18.1. The lowest BCUT2D eigenvalue weighted by atomic mass is 10.0. The van der Waals surface area contributed by atoms with Crippen molar-refractivity contribution in [3.8, 4) is 0 Å². The molecule has 13 heteroatoms. The predicted molar refractivity (Wildman–Crippen MR) is 135 cm³/mol. The second-order valence-corrected chi connectivity index (χ2v) is 8.69. The van der Waals surface area contributed by atoms with Crippen LogP contribution in [0.3, 0.4) is 0 Å². The number of benzene rings is 1. The molecule has 0 aliphatic carbocycles. The zero-order valence-electron chi connectivity index (χ0n) is 19.5. The Morgan fingerprint density at radius 1 is 1.03 bits per heavy atom. The van der Waals surface area contributed by atoms with Crippen LogP contribution in [0, 0.1) is 0 Å². The van der Waals surface area contributed by atoms with Gasteiger partial charge in [-0.25, -0.2) is 9.78 Å². The Balaban J connectivity index is 1.65. The molecule has 3 aromatic rings. The second-order valence-electron chi connectivity index (χ2n) is 8.32. The third-order valence-corrected chi connectivity index (χ3v) is 6.00. The minimum absolute atomic E-state index is 0.0475. The van der Waals surface area contributed by atoms with Crippen LogP contribution in [0.4, 0.5) is 0 Å². The summed E-state index contributed by atoms with van der Waals surface area (Å²) in [6.07, 6.45) is 4.76. The number of hydrogen-bond donors (Lipinski definition) is 8. The number of thiol groups is 1. The molecule has 0 aliphatic rings. The van der Waals surface area contributed by atoms with Gasteiger partial charge < -0.3 is 36.8 Å². The molecule has 0 fully saturated rings. The number of fused-ring (bicyclic) bond motifs is 1. The Bertz CT molecular complexity index is 1210. The van der Waals surface area contributed by atoms with Crippen molar-refractivity contribution < 1.29 is 24.3 Å². The van der Waals surface area contributed by atoms with Crippen LogP contribution in [0.5, 0.6) is 0 Å². The first-order chi connectivity index (χ1) is 17.2. The van der Waals surface area contributed by atoms with Crippen LogP contribution in [0.15, 0.2) is 43.0 Å². The number of aromatic amines is 2. The van der Waals surface area contributed by atoms with E-state index in [1.54, 1.807) is 6.20 Å². The van der Waals surface area contributed by atoms with Gasteiger partial charge in [0.15, 0.2) is 0 Å². The number of nitrogens with two attached hydrogens (primary N) is 1. The maximum atomic E-state index is 12.9. The van der Waals surface area contributed by atoms with Crippen LogP contribution >= 0.6 is 12.6 Å². The van der Waals surface area contributed by atoms with Crippen molar-refractivity contribution >= 4 is 47.2 Å². The van der Waals surface area contributed by atoms with Crippen molar-refractivity contribution in [2.45, 2.75) is 43.9 Å². The fourth-order valence-corrected chi connectivity index (χ4v) is 3.75. The van der Waals surface area contributed by atoms with E-state index >= 15 is 0 Å². The summed E-state index contributed by atoms with van der Waals surface area (Å²) in [5.41, 5.74) is 7.87. The molecule has 4 atom stereocenters.